The first kappa shape index (κ1) is 25.6. The number of rotatable bonds is 7. The van der Waals surface area contributed by atoms with E-state index >= 15 is 0 Å². The molecule has 0 radical (unpaired) electrons. The van der Waals surface area contributed by atoms with Crippen molar-refractivity contribution < 1.29 is 28.8 Å². The third kappa shape index (κ3) is 6.44. The smallest absolute Gasteiger partial charge is 0.407 e. The second kappa shape index (κ2) is 10.8. The van der Waals surface area contributed by atoms with Crippen LogP contribution in [0.5, 0.6) is 0 Å². The van der Waals surface area contributed by atoms with E-state index < -0.39 is 29.9 Å². The molecule has 1 heterocycles. The number of halogens is 2. The molecule has 0 aliphatic carbocycles. The molecule has 0 aromatic heterocycles. The number of alkyl carbamates (subject to hydrolysis) is 1. The van der Waals surface area contributed by atoms with Crippen LogP contribution in [0.15, 0.2) is 24.4 Å². The first-order valence-electron chi connectivity index (χ1n) is 9.74. The van der Waals surface area contributed by atoms with Crippen molar-refractivity contribution in [1.82, 2.24) is 15.3 Å². The molecule has 0 fully saturated rings. The summed E-state index contributed by atoms with van der Waals surface area (Å²) in [5.74, 6) is -0.666. The fourth-order valence-corrected chi connectivity index (χ4v) is 3.54. The van der Waals surface area contributed by atoms with Crippen molar-refractivity contribution in [3.63, 3.8) is 0 Å². The first-order valence-corrected chi connectivity index (χ1v) is 10.5. The Morgan fingerprint density at radius 2 is 1.88 bits per heavy atom. The number of aldehydes is 2. The van der Waals surface area contributed by atoms with Gasteiger partial charge in [0.2, 0.25) is 0 Å². The quantitative estimate of drug-likeness (QED) is 0.587. The molecule has 174 valence electrons. The normalized spacial score (nSPS) is 19.1. The van der Waals surface area contributed by atoms with E-state index in [9.17, 15) is 19.2 Å². The van der Waals surface area contributed by atoms with Gasteiger partial charge in [0, 0.05) is 37.3 Å². The molecule has 1 N–H and O–H groups in total. The van der Waals surface area contributed by atoms with E-state index in [2.05, 4.69) is 5.32 Å². The summed E-state index contributed by atoms with van der Waals surface area (Å²) in [7, 11) is 0. The van der Waals surface area contributed by atoms with Gasteiger partial charge in [-0.3, -0.25) is 14.5 Å². The number of benzene rings is 1. The van der Waals surface area contributed by atoms with Gasteiger partial charge in [-0.1, -0.05) is 35.3 Å². The lowest BCUT2D eigenvalue weighted by atomic mass is 9.96. The number of nitrogens with one attached hydrogen (secondary N) is 1. The summed E-state index contributed by atoms with van der Waals surface area (Å²) in [5, 5.41) is 4.08. The van der Waals surface area contributed by atoms with Gasteiger partial charge in [0.1, 0.15) is 11.9 Å². The van der Waals surface area contributed by atoms with Crippen LogP contribution < -0.4 is 5.32 Å². The van der Waals surface area contributed by atoms with Crippen LogP contribution in [0.4, 0.5) is 4.79 Å². The molecule has 1 aliphatic rings. The van der Waals surface area contributed by atoms with E-state index in [1.165, 1.54) is 18.0 Å². The fraction of sp³-hybridized carbons (Fsp3) is 0.429. The number of hydrogen-bond acceptors (Lipinski definition) is 8. The highest BCUT2D eigenvalue weighted by molar-refractivity contribution is 6.43. The minimum absolute atomic E-state index is 0.0497. The van der Waals surface area contributed by atoms with Crippen molar-refractivity contribution in [3.05, 3.63) is 40.0 Å². The lowest BCUT2D eigenvalue weighted by Gasteiger charge is -2.42. The molecular formula is C21H25Cl2N3O6. The summed E-state index contributed by atoms with van der Waals surface area (Å²) >= 11 is 12.5. The predicted octanol–water partition coefficient (Wildman–Crippen LogP) is 3.05. The van der Waals surface area contributed by atoms with Crippen LogP contribution in [0.1, 0.15) is 33.3 Å². The van der Waals surface area contributed by atoms with Crippen molar-refractivity contribution in [2.75, 3.05) is 13.1 Å². The molecule has 0 bridgehead atoms. The van der Waals surface area contributed by atoms with Crippen LogP contribution >= 0.6 is 23.2 Å². The maximum atomic E-state index is 12.1. The van der Waals surface area contributed by atoms with Crippen LogP contribution in [0.25, 0.3) is 5.57 Å². The van der Waals surface area contributed by atoms with Crippen LogP contribution in [-0.4, -0.2) is 65.5 Å². The molecular weight excluding hydrogens is 461 g/mol. The number of nitrogens with zero attached hydrogens (tertiary/aromatic N) is 2. The molecule has 1 aliphatic heterocycles. The Balaban J connectivity index is 2.38. The Morgan fingerprint density at radius 3 is 2.44 bits per heavy atom. The number of ether oxygens (including phenoxy) is 1. The molecule has 32 heavy (non-hydrogen) atoms. The van der Waals surface area contributed by atoms with Crippen LogP contribution in [0, 0.1) is 0 Å². The Kier molecular flexibility index (Phi) is 8.65. The predicted molar refractivity (Wildman–Crippen MR) is 119 cm³/mol. The summed E-state index contributed by atoms with van der Waals surface area (Å²) < 4.78 is 5.20. The topological polar surface area (TPSA) is 105 Å². The van der Waals surface area contributed by atoms with Gasteiger partial charge in [-0.05, 0) is 26.8 Å². The lowest BCUT2D eigenvalue weighted by molar-refractivity contribution is -0.199. The number of hydroxylamine groups is 2. The van der Waals surface area contributed by atoms with Gasteiger partial charge >= 0.3 is 12.1 Å². The monoisotopic (exact) mass is 485 g/mol. The van der Waals surface area contributed by atoms with Crippen molar-refractivity contribution >= 4 is 53.4 Å². The zero-order valence-corrected chi connectivity index (χ0v) is 19.6. The van der Waals surface area contributed by atoms with Gasteiger partial charge < -0.3 is 19.7 Å². The van der Waals surface area contributed by atoms with Crippen molar-refractivity contribution in [2.24, 2.45) is 0 Å². The zero-order chi connectivity index (χ0) is 24.1. The first-order chi connectivity index (χ1) is 15.0. The number of carbonyl (C=O) groups is 4. The van der Waals surface area contributed by atoms with Crippen molar-refractivity contribution in [3.8, 4) is 0 Å². The third-order valence-corrected chi connectivity index (χ3v) is 5.15. The Bertz CT molecular complexity index is 915. The standard InChI is InChI=1S/C21H25Cl2N3O6/c1-13(29)32-26-10-15(14-6-5-7-16(22)19(14)23)17(11-27)25(18(26)12-28)9-8-24-20(30)31-21(2,3)4/h5-7,10-12,17-18H,8-9H2,1-4H3,(H,24,30). The number of carbonyl (C=O) groups excluding carboxylic acids is 4. The van der Waals surface area contributed by atoms with E-state index in [0.717, 1.165) is 5.06 Å². The number of hydrogen-bond donors (Lipinski definition) is 1. The summed E-state index contributed by atoms with van der Waals surface area (Å²) in [4.78, 5) is 54.2. The van der Waals surface area contributed by atoms with Crippen LogP contribution in [0.3, 0.4) is 0 Å². The maximum Gasteiger partial charge on any atom is 0.407 e. The molecule has 2 rings (SSSR count). The van der Waals surface area contributed by atoms with E-state index in [4.69, 9.17) is 32.8 Å². The van der Waals surface area contributed by atoms with E-state index in [-0.39, 0.29) is 23.1 Å². The largest absolute Gasteiger partial charge is 0.444 e. The van der Waals surface area contributed by atoms with Gasteiger partial charge in [0.25, 0.3) is 0 Å². The van der Waals surface area contributed by atoms with Gasteiger partial charge in [0.05, 0.1) is 16.1 Å². The maximum absolute atomic E-state index is 12.1. The summed E-state index contributed by atoms with van der Waals surface area (Å²) in [5.41, 5.74) is 0.115. The molecule has 1 aromatic rings. The van der Waals surface area contributed by atoms with Crippen molar-refractivity contribution in [1.29, 1.82) is 0 Å². The molecule has 1 amide bonds. The second-order valence-electron chi connectivity index (χ2n) is 7.93. The SMILES string of the molecule is CC(=O)ON1C=C(c2cccc(Cl)c2Cl)C(C=O)N(CCNC(=O)OC(C)(C)C)C1C=O. The molecule has 2 unspecified atom stereocenters. The van der Waals surface area contributed by atoms with Gasteiger partial charge in [-0.2, -0.15) is 5.06 Å². The summed E-state index contributed by atoms with van der Waals surface area (Å²) in [6.45, 7) is 6.47. The fourth-order valence-electron chi connectivity index (χ4n) is 3.13. The Hall–Kier alpha value is -2.62. The Labute approximate surface area is 196 Å². The molecule has 0 saturated heterocycles. The molecule has 0 spiro atoms. The van der Waals surface area contributed by atoms with Crippen LogP contribution in [0.2, 0.25) is 10.0 Å². The zero-order valence-electron chi connectivity index (χ0n) is 18.1. The van der Waals surface area contributed by atoms with Gasteiger partial charge in [-0.15, -0.1) is 0 Å². The number of amides is 1. The van der Waals surface area contributed by atoms with Gasteiger partial charge in [-0.25, -0.2) is 4.79 Å². The highest BCUT2D eigenvalue weighted by Gasteiger charge is 2.39. The molecule has 9 nitrogen and oxygen atoms in total. The van der Waals surface area contributed by atoms with E-state index in [0.29, 0.717) is 23.7 Å². The summed E-state index contributed by atoms with van der Waals surface area (Å²) in [6.07, 6.45) is 0.772. The molecule has 1 aromatic carbocycles. The average molecular weight is 486 g/mol. The van der Waals surface area contributed by atoms with E-state index in [1.54, 1.807) is 39.0 Å². The molecule has 2 atom stereocenters. The molecule has 0 saturated carbocycles. The Morgan fingerprint density at radius 1 is 1.19 bits per heavy atom. The molecule has 11 heteroatoms. The van der Waals surface area contributed by atoms with Gasteiger partial charge in [0.15, 0.2) is 12.5 Å². The van der Waals surface area contributed by atoms with Crippen molar-refractivity contribution in [2.45, 2.75) is 45.5 Å². The second-order valence-corrected chi connectivity index (χ2v) is 8.71. The third-order valence-electron chi connectivity index (χ3n) is 4.33. The minimum Gasteiger partial charge on any atom is -0.444 e. The minimum atomic E-state index is -1.11. The van der Waals surface area contributed by atoms with E-state index in [1.807, 2.05) is 0 Å². The highest BCUT2D eigenvalue weighted by atomic mass is 35.5. The average Bonchev–Trinajstić information content (AvgIpc) is 2.68. The lowest BCUT2D eigenvalue weighted by Crippen LogP contribution is -2.58. The van der Waals surface area contributed by atoms with Crippen LogP contribution in [-0.2, 0) is 24.0 Å². The highest BCUT2D eigenvalue weighted by Crippen LogP contribution is 2.36. The summed E-state index contributed by atoms with van der Waals surface area (Å²) in [6, 6.07) is 3.96.